The van der Waals surface area contributed by atoms with Crippen molar-refractivity contribution in [2.75, 3.05) is 6.54 Å². The van der Waals surface area contributed by atoms with Crippen LogP contribution in [0, 0.1) is 11.3 Å². The summed E-state index contributed by atoms with van der Waals surface area (Å²) in [5.74, 6) is 0. The van der Waals surface area contributed by atoms with E-state index in [2.05, 4.69) is 10.8 Å². The normalized spacial score (nSPS) is 10.8. The molecule has 0 saturated heterocycles. The first-order valence-corrected chi connectivity index (χ1v) is 7.57. The summed E-state index contributed by atoms with van der Waals surface area (Å²) in [5.41, 5.74) is 1.68. The van der Waals surface area contributed by atoms with E-state index in [9.17, 15) is 8.42 Å². The summed E-state index contributed by atoms with van der Waals surface area (Å²) in [5, 5.41) is 8.66. The fraction of sp³-hybridized carbons (Fsp3) is 0.357. The van der Waals surface area contributed by atoms with E-state index < -0.39 is 10.0 Å². The highest BCUT2D eigenvalue weighted by molar-refractivity contribution is 7.89. The Balaban J connectivity index is 2.56. The number of benzene rings is 1. The molecule has 1 rings (SSSR count). The monoisotopic (exact) mass is 278 g/mol. The molecule has 0 unspecified atom stereocenters. The second kappa shape index (κ2) is 7.07. The summed E-state index contributed by atoms with van der Waals surface area (Å²) in [7, 11) is -3.47. The van der Waals surface area contributed by atoms with E-state index in [0.29, 0.717) is 12.1 Å². The van der Waals surface area contributed by atoms with E-state index >= 15 is 0 Å². The van der Waals surface area contributed by atoms with Gasteiger partial charge in [-0.05, 0) is 51.0 Å². The van der Waals surface area contributed by atoms with Gasteiger partial charge in [0, 0.05) is 6.54 Å². The third kappa shape index (κ3) is 5.25. The van der Waals surface area contributed by atoms with Crippen LogP contribution in [0.1, 0.15) is 32.3 Å². The fourth-order valence-corrected chi connectivity index (χ4v) is 2.57. The highest BCUT2D eigenvalue weighted by Gasteiger charge is 2.12. The van der Waals surface area contributed by atoms with Crippen molar-refractivity contribution in [2.24, 2.45) is 0 Å². The van der Waals surface area contributed by atoms with Crippen molar-refractivity contribution in [1.29, 1.82) is 5.26 Å². The molecule has 1 N–H and O–H groups in total. The highest BCUT2D eigenvalue weighted by Crippen LogP contribution is 2.10. The summed E-state index contributed by atoms with van der Waals surface area (Å²) >= 11 is 0. The highest BCUT2D eigenvalue weighted by atomic mass is 32.2. The van der Waals surface area contributed by atoms with Crippen molar-refractivity contribution >= 4 is 10.0 Å². The van der Waals surface area contributed by atoms with Gasteiger partial charge in [0.25, 0.3) is 0 Å². The molecule has 0 aliphatic carbocycles. The van der Waals surface area contributed by atoms with Crippen LogP contribution < -0.4 is 4.72 Å². The van der Waals surface area contributed by atoms with Gasteiger partial charge in [-0.15, -0.1) is 0 Å². The zero-order valence-corrected chi connectivity index (χ0v) is 12.0. The van der Waals surface area contributed by atoms with Gasteiger partial charge in [0.1, 0.15) is 0 Å². The quantitative estimate of drug-likeness (QED) is 0.642. The number of sulfonamides is 1. The van der Waals surface area contributed by atoms with E-state index in [1.54, 1.807) is 0 Å². The van der Waals surface area contributed by atoms with E-state index in [0.717, 1.165) is 12.8 Å². The second-order valence-electron chi connectivity index (χ2n) is 4.46. The molecule has 0 amide bonds. The zero-order valence-electron chi connectivity index (χ0n) is 11.2. The van der Waals surface area contributed by atoms with Crippen LogP contribution in [0.15, 0.2) is 40.8 Å². The second-order valence-corrected chi connectivity index (χ2v) is 6.22. The summed E-state index contributed by atoms with van der Waals surface area (Å²) in [6.07, 6.45) is 3.70. The van der Waals surface area contributed by atoms with Gasteiger partial charge < -0.3 is 0 Å². The zero-order chi connectivity index (χ0) is 14.3. The maximum atomic E-state index is 11.9. The molecule has 1 aromatic carbocycles. The molecule has 0 saturated carbocycles. The number of hydrogen-bond donors (Lipinski definition) is 1. The molecule has 0 radical (unpaired) electrons. The molecule has 0 bridgehead atoms. The van der Waals surface area contributed by atoms with Crippen LogP contribution >= 0.6 is 0 Å². The maximum absolute atomic E-state index is 11.9. The topological polar surface area (TPSA) is 70.0 Å². The van der Waals surface area contributed by atoms with Crippen LogP contribution in [0.3, 0.4) is 0 Å². The third-order valence-corrected chi connectivity index (χ3v) is 4.00. The molecule has 0 atom stereocenters. The fourth-order valence-electron chi connectivity index (χ4n) is 1.49. The van der Waals surface area contributed by atoms with E-state index in [4.69, 9.17) is 5.26 Å². The Bertz CT molecular complexity index is 577. The van der Waals surface area contributed by atoms with Gasteiger partial charge in [0.2, 0.25) is 10.0 Å². The number of nitrogens with zero attached hydrogens (tertiary/aromatic N) is 1. The minimum Gasteiger partial charge on any atom is -0.211 e. The largest absolute Gasteiger partial charge is 0.240 e. The van der Waals surface area contributed by atoms with Crippen molar-refractivity contribution in [3.8, 4) is 6.07 Å². The Morgan fingerprint density at radius 2 is 1.95 bits per heavy atom. The van der Waals surface area contributed by atoms with Crippen molar-refractivity contribution in [1.82, 2.24) is 4.72 Å². The van der Waals surface area contributed by atoms with Gasteiger partial charge >= 0.3 is 0 Å². The summed E-state index contributed by atoms with van der Waals surface area (Å²) in [4.78, 5) is 0.189. The minimum atomic E-state index is -3.47. The minimum absolute atomic E-state index is 0.189. The molecule has 19 heavy (non-hydrogen) atoms. The number of nitriles is 1. The standard InChI is InChI=1S/C14H18N2O2S/c1-12(2)5-3-4-10-16-19(17,18)14-8-6-13(11-15)7-9-14/h5-9,16H,3-4,10H2,1-2H3. The Labute approximate surface area is 114 Å². The SMILES string of the molecule is CC(C)=CCCCNS(=O)(=O)c1ccc(C#N)cc1. The molecular formula is C14H18N2O2S. The number of unbranched alkanes of at least 4 members (excludes halogenated alkanes) is 1. The lowest BCUT2D eigenvalue weighted by molar-refractivity contribution is 0.579. The molecule has 0 aromatic heterocycles. The van der Waals surface area contributed by atoms with Gasteiger partial charge in [-0.2, -0.15) is 5.26 Å². The van der Waals surface area contributed by atoms with Gasteiger partial charge in [0.05, 0.1) is 16.5 Å². The molecule has 0 aliphatic rings. The van der Waals surface area contributed by atoms with E-state index in [1.807, 2.05) is 19.9 Å². The van der Waals surface area contributed by atoms with Crippen LogP contribution in [0.5, 0.6) is 0 Å². The predicted molar refractivity (Wildman–Crippen MR) is 75.0 cm³/mol. The third-order valence-electron chi connectivity index (χ3n) is 2.52. The summed E-state index contributed by atoms with van der Waals surface area (Å²) in [6.45, 7) is 4.44. The Morgan fingerprint density at radius 3 is 2.47 bits per heavy atom. The average Bonchev–Trinajstić information content (AvgIpc) is 2.38. The smallest absolute Gasteiger partial charge is 0.211 e. The summed E-state index contributed by atoms with van der Waals surface area (Å²) < 4.78 is 26.4. The molecule has 0 aliphatic heterocycles. The van der Waals surface area contributed by atoms with Crippen LogP contribution in [0.2, 0.25) is 0 Å². The molecule has 1 aromatic rings. The van der Waals surface area contributed by atoms with Crippen molar-refractivity contribution in [3.63, 3.8) is 0 Å². The van der Waals surface area contributed by atoms with Gasteiger partial charge in [-0.25, -0.2) is 13.1 Å². The van der Waals surface area contributed by atoms with Crippen LogP contribution in [0.25, 0.3) is 0 Å². The van der Waals surface area contributed by atoms with E-state index in [1.165, 1.54) is 29.8 Å². The molecule has 5 heteroatoms. The van der Waals surface area contributed by atoms with Crippen molar-refractivity contribution in [3.05, 3.63) is 41.5 Å². The number of rotatable bonds is 6. The lowest BCUT2D eigenvalue weighted by Crippen LogP contribution is -2.24. The molecule has 4 nitrogen and oxygen atoms in total. The Morgan fingerprint density at radius 1 is 1.32 bits per heavy atom. The summed E-state index contributed by atoms with van der Waals surface area (Å²) in [6, 6.07) is 7.83. The first kappa shape index (κ1) is 15.4. The molecule has 0 heterocycles. The lowest BCUT2D eigenvalue weighted by Gasteiger charge is -2.06. The maximum Gasteiger partial charge on any atom is 0.240 e. The number of nitrogens with one attached hydrogen (secondary N) is 1. The van der Waals surface area contributed by atoms with Crippen LogP contribution in [-0.4, -0.2) is 15.0 Å². The lowest BCUT2D eigenvalue weighted by atomic mass is 10.2. The van der Waals surface area contributed by atoms with Crippen LogP contribution in [-0.2, 0) is 10.0 Å². The molecule has 0 spiro atoms. The Kier molecular flexibility index (Phi) is 5.74. The average molecular weight is 278 g/mol. The van der Waals surface area contributed by atoms with Gasteiger partial charge in [0.15, 0.2) is 0 Å². The van der Waals surface area contributed by atoms with Gasteiger partial charge in [-0.3, -0.25) is 0 Å². The van der Waals surface area contributed by atoms with Crippen molar-refractivity contribution < 1.29 is 8.42 Å². The van der Waals surface area contributed by atoms with Crippen molar-refractivity contribution in [2.45, 2.75) is 31.6 Å². The predicted octanol–water partition coefficient (Wildman–Crippen LogP) is 2.58. The number of hydrogen-bond acceptors (Lipinski definition) is 3. The number of allylic oxidation sites excluding steroid dienone is 2. The van der Waals surface area contributed by atoms with Crippen LogP contribution in [0.4, 0.5) is 0 Å². The molecular weight excluding hydrogens is 260 g/mol. The molecule has 0 fully saturated rings. The van der Waals surface area contributed by atoms with E-state index in [-0.39, 0.29) is 4.90 Å². The first-order valence-electron chi connectivity index (χ1n) is 6.09. The first-order chi connectivity index (χ1) is 8.95. The molecule has 102 valence electrons. The Hall–Kier alpha value is -1.64. The van der Waals surface area contributed by atoms with Gasteiger partial charge in [-0.1, -0.05) is 11.6 Å².